The first-order valence-electron chi connectivity index (χ1n) is 12.0. The molecule has 0 aliphatic rings. The maximum absolute atomic E-state index is 13.2. The number of unbranched alkanes of at least 4 members (excludes halogenated alkanes) is 2. The molecule has 35 heavy (non-hydrogen) atoms. The smallest absolute Gasteiger partial charge is 0.253 e. The summed E-state index contributed by atoms with van der Waals surface area (Å²) >= 11 is 0. The molecule has 2 amide bonds. The molecule has 0 radical (unpaired) electrons. The van der Waals surface area contributed by atoms with Gasteiger partial charge in [0.15, 0.2) is 11.5 Å². The van der Waals surface area contributed by atoms with Crippen LogP contribution >= 0.6 is 0 Å². The molecule has 0 heterocycles. The van der Waals surface area contributed by atoms with Gasteiger partial charge in [-0.05, 0) is 61.2 Å². The van der Waals surface area contributed by atoms with Crippen molar-refractivity contribution in [1.82, 2.24) is 10.6 Å². The molecule has 0 fully saturated rings. The van der Waals surface area contributed by atoms with Crippen molar-refractivity contribution in [3.05, 3.63) is 94.5 Å². The summed E-state index contributed by atoms with van der Waals surface area (Å²) < 4.78 is 11.5. The summed E-state index contributed by atoms with van der Waals surface area (Å²) in [6.45, 7) is 6.46. The zero-order valence-corrected chi connectivity index (χ0v) is 20.9. The summed E-state index contributed by atoms with van der Waals surface area (Å²) in [4.78, 5) is 26.3. The van der Waals surface area contributed by atoms with Crippen LogP contribution in [0.4, 0.5) is 0 Å². The predicted molar refractivity (Wildman–Crippen MR) is 138 cm³/mol. The Bertz CT molecular complexity index is 1100. The second kappa shape index (κ2) is 12.6. The molecule has 0 aromatic heterocycles. The van der Waals surface area contributed by atoms with Crippen LogP contribution in [0.2, 0.25) is 0 Å². The highest BCUT2D eigenvalue weighted by Gasteiger charge is 2.22. The molecular formula is C29H34N2O4. The van der Waals surface area contributed by atoms with E-state index in [1.165, 1.54) is 0 Å². The molecule has 3 aromatic rings. The van der Waals surface area contributed by atoms with Gasteiger partial charge in [0.2, 0.25) is 0 Å². The fourth-order valence-corrected chi connectivity index (χ4v) is 3.80. The summed E-state index contributed by atoms with van der Waals surface area (Å²) in [7, 11) is 1.59. The number of rotatable bonds is 11. The Morgan fingerprint density at radius 1 is 0.800 bits per heavy atom. The van der Waals surface area contributed by atoms with Gasteiger partial charge in [-0.3, -0.25) is 9.59 Å². The van der Waals surface area contributed by atoms with Crippen LogP contribution in [0.25, 0.3) is 0 Å². The Morgan fingerprint density at radius 2 is 1.37 bits per heavy atom. The van der Waals surface area contributed by atoms with Crippen molar-refractivity contribution in [2.75, 3.05) is 13.7 Å². The average molecular weight is 475 g/mol. The summed E-state index contributed by atoms with van der Waals surface area (Å²) in [6.07, 6.45) is 2.32. The number of ether oxygens (including phenoxy) is 2. The molecule has 0 bridgehead atoms. The first kappa shape index (κ1) is 25.8. The van der Waals surface area contributed by atoms with E-state index >= 15 is 0 Å². The lowest BCUT2D eigenvalue weighted by Crippen LogP contribution is -2.41. The maximum Gasteiger partial charge on any atom is 0.253 e. The number of hydrogen-bond donors (Lipinski definition) is 2. The molecule has 0 unspecified atom stereocenters. The Kier molecular flexibility index (Phi) is 9.30. The van der Waals surface area contributed by atoms with E-state index in [9.17, 15) is 9.59 Å². The Balaban J connectivity index is 1.92. The molecule has 0 aliphatic heterocycles. The van der Waals surface area contributed by atoms with Crippen molar-refractivity contribution in [2.45, 2.75) is 46.2 Å². The Morgan fingerprint density at radius 3 is 1.89 bits per heavy atom. The minimum Gasteiger partial charge on any atom is -0.493 e. The minimum atomic E-state index is -0.780. The van der Waals surface area contributed by atoms with Crippen molar-refractivity contribution in [1.29, 1.82) is 0 Å². The molecule has 0 atom stereocenters. The first-order valence-corrected chi connectivity index (χ1v) is 12.0. The lowest BCUT2D eigenvalue weighted by atomic mass is 10.1. The number of carbonyl (C=O) groups excluding carboxylic acids is 2. The Hall–Kier alpha value is -3.80. The number of carbonyl (C=O) groups is 2. The van der Waals surface area contributed by atoms with Crippen molar-refractivity contribution in [2.24, 2.45) is 0 Å². The maximum atomic E-state index is 13.2. The second-order valence-electron chi connectivity index (χ2n) is 8.48. The van der Waals surface area contributed by atoms with Crippen LogP contribution in [0.3, 0.4) is 0 Å². The minimum absolute atomic E-state index is 0.278. The standard InChI is InChI=1S/C29H34N2O4/c1-5-6-11-18-35-26-19-22(16-17-25(26)34-4)27(30-28(32)23-14-9-7-12-20(23)2)31-29(33)24-15-10-8-13-21(24)3/h7-10,12-17,19,27H,5-6,11,18H2,1-4H3,(H,30,32)(H,31,33). The molecule has 3 aromatic carbocycles. The number of aryl methyl sites for hydroxylation is 2. The number of benzene rings is 3. The van der Waals surface area contributed by atoms with Crippen LogP contribution in [-0.4, -0.2) is 25.5 Å². The SMILES string of the molecule is CCCCCOc1cc(C(NC(=O)c2ccccc2C)NC(=O)c2ccccc2C)ccc1OC. The van der Waals surface area contributed by atoms with E-state index in [-0.39, 0.29) is 11.8 Å². The first-order chi connectivity index (χ1) is 16.9. The van der Waals surface area contributed by atoms with Gasteiger partial charge < -0.3 is 20.1 Å². The lowest BCUT2D eigenvalue weighted by Gasteiger charge is -2.23. The van der Waals surface area contributed by atoms with Gasteiger partial charge in [0.05, 0.1) is 13.7 Å². The lowest BCUT2D eigenvalue weighted by molar-refractivity contribution is 0.0882. The summed E-state index contributed by atoms with van der Waals surface area (Å²) in [5.74, 6) is 0.611. The highest BCUT2D eigenvalue weighted by Crippen LogP contribution is 2.30. The van der Waals surface area contributed by atoms with Crippen LogP contribution in [0.5, 0.6) is 11.5 Å². The highest BCUT2D eigenvalue weighted by molar-refractivity contribution is 5.98. The van der Waals surface area contributed by atoms with Crippen LogP contribution in [-0.2, 0) is 0 Å². The predicted octanol–water partition coefficient (Wildman–Crippen LogP) is 5.74. The number of amides is 2. The van der Waals surface area contributed by atoms with Gasteiger partial charge in [-0.1, -0.05) is 62.2 Å². The fourth-order valence-electron chi connectivity index (χ4n) is 3.80. The van der Waals surface area contributed by atoms with Crippen LogP contribution in [0, 0.1) is 13.8 Å². The molecule has 2 N–H and O–H groups in total. The van der Waals surface area contributed by atoms with Gasteiger partial charge in [0.25, 0.3) is 11.8 Å². The molecule has 0 saturated carbocycles. The molecule has 0 saturated heterocycles. The van der Waals surface area contributed by atoms with Crippen molar-refractivity contribution >= 4 is 11.8 Å². The van der Waals surface area contributed by atoms with Gasteiger partial charge in [-0.25, -0.2) is 0 Å². The van der Waals surface area contributed by atoms with Crippen LogP contribution in [0.1, 0.15) is 69.8 Å². The van der Waals surface area contributed by atoms with Crippen LogP contribution in [0.15, 0.2) is 66.7 Å². The molecule has 0 spiro atoms. The third-order valence-corrected chi connectivity index (χ3v) is 5.86. The summed E-state index contributed by atoms with van der Waals surface area (Å²) in [5, 5.41) is 5.97. The molecule has 6 nitrogen and oxygen atoms in total. The summed E-state index contributed by atoms with van der Waals surface area (Å²) in [5.41, 5.74) is 3.48. The van der Waals surface area contributed by atoms with E-state index in [4.69, 9.17) is 9.47 Å². The average Bonchev–Trinajstić information content (AvgIpc) is 2.86. The molecule has 3 rings (SSSR count). The van der Waals surface area contributed by atoms with Gasteiger partial charge in [0, 0.05) is 11.1 Å². The quantitative estimate of drug-likeness (QED) is 0.274. The fraction of sp³-hybridized carbons (Fsp3) is 0.310. The van der Waals surface area contributed by atoms with Crippen LogP contribution < -0.4 is 20.1 Å². The van der Waals surface area contributed by atoms with E-state index in [1.807, 2.05) is 62.4 Å². The topological polar surface area (TPSA) is 76.7 Å². The monoisotopic (exact) mass is 474 g/mol. The van der Waals surface area contributed by atoms with E-state index in [1.54, 1.807) is 25.3 Å². The summed E-state index contributed by atoms with van der Waals surface area (Å²) in [6, 6.07) is 20.1. The second-order valence-corrected chi connectivity index (χ2v) is 8.48. The number of nitrogens with one attached hydrogen (secondary N) is 2. The van der Waals surface area contributed by atoms with Gasteiger partial charge >= 0.3 is 0 Å². The van der Waals surface area contributed by atoms with Crippen molar-refractivity contribution < 1.29 is 19.1 Å². The Labute approximate surface area is 207 Å². The van der Waals surface area contributed by atoms with E-state index in [2.05, 4.69) is 17.6 Å². The normalized spacial score (nSPS) is 10.7. The molecule has 6 heteroatoms. The van der Waals surface area contributed by atoms with Crippen molar-refractivity contribution in [3.8, 4) is 11.5 Å². The van der Waals surface area contributed by atoms with E-state index in [0.29, 0.717) is 34.8 Å². The van der Waals surface area contributed by atoms with E-state index < -0.39 is 6.17 Å². The molecule has 0 aliphatic carbocycles. The van der Waals surface area contributed by atoms with Gasteiger partial charge in [-0.2, -0.15) is 0 Å². The number of hydrogen-bond acceptors (Lipinski definition) is 4. The van der Waals surface area contributed by atoms with Gasteiger partial charge in [-0.15, -0.1) is 0 Å². The molecule has 184 valence electrons. The molecular weight excluding hydrogens is 440 g/mol. The largest absolute Gasteiger partial charge is 0.493 e. The van der Waals surface area contributed by atoms with E-state index in [0.717, 1.165) is 30.4 Å². The zero-order chi connectivity index (χ0) is 25.2. The number of methoxy groups -OCH3 is 1. The highest BCUT2D eigenvalue weighted by atomic mass is 16.5. The van der Waals surface area contributed by atoms with Crippen molar-refractivity contribution in [3.63, 3.8) is 0 Å². The van der Waals surface area contributed by atoms with Gasteiger partial charge in [0.1, 0.15) is 6.17 Å². The third-order valence-electron chi connectivity index (χ3n) is 5.86. The zero-order valence-electron chi connectivity index (χ0n) is 20.9. The third kappa shape index (κ3) is 6.85.